The van der Waals surface area contributed by atoms with Crippen LogP contribution in [0.3, 0.4) is 0 Å². The summed E-state index contributed by atoms with van der Waals surface area (Å²) in [7, 11) is 0. The van der Waals surface area contributed by atoms with E-state index in [1.165, 1.54) is 0 Å². The van der Waals surface area contributed by atoms with Crippen LogP contribution in [-0.2, 0) is 4.74 Å². The molecule has 0 spiro atoms. The number of ether oxygens (including phenoxy) is 1. The third-order valence-corrected chi connectivity index (χ3v) is 1.41. The van der Waals surface area contributed by atoms with E-state index in [2.05, 4.69) is 9.97 Å². The fourth-order valence-corrected chi connectivity index (χ4v) is 0.807. The smallest absolute Gasteiger partial charge is 0.376 e. The summed E-state index contributed by atoms with van der Waals surface area (Å²) >= 11 is 0. The molecule has 4 heteroatoms. The molecule has 0 unspecified atom stereocenters. The number of carbonyl (C=O) groups excluding carboxylic acids is 1. The van der Waals surface area contributed by atoms with E-state index in [4.69, 9.17) is 4.74 Å². The van der Waals surface area contributed by atoms with Crippen LogP contribution in [-0.4, -0.2) is 22.5 Å². The molecule has 0 aromatic carbocycles. The van der Waals surface area contributed by atoms with E-state index in [1.54, 1.807) is 19.2 Å². The molecule has 0 bridgehead atoms. The number of carbonyl (C=O) groups is 1. The molecule has 1 aromatic heterocycles. The van der Waals surface area contributed by atoms with Gasteiger partial charge in [0, 0.05) is 11.9 Å². The Hall–Kier alpha value is -1.45. The van der Waals surface area contributed by atoms with Crippen LogP contribution in [0.25, 0.3) is 0 Å². The molecular formula is C9H12N2O2. The predicted molar refractivity (Wildman–Crippen MR) is 47.3 cm³/mol. The number of hydrogen-bond acceptors (Lipinski definition) is 4. The van der Waals surface area contributed by atoms with Gasteiger partial charge in [-0.1, -0.05) is 6.92 Å². The number of aromatic nitrogens is 2. The van der Waals surface area contributed by atoms with Crippen molar-refractivity contribution >= 4 is 5.97 Å². The fraction of sp³-hybridized carbons (Fsp3) is 0.444. The summed E-state index contributed by atoms with van der Waals surface area (Å²) in [6, 6.07) is 1.73. The quantitative estimate of drug-likeness (QED) is 0.659. The Morgan fingerprint density at radius 3 is 3.00 bits per heavy atom. The topological polar surface area (TPSA) is 52.1 Å². The highest BCUT2D eigenvalue weighted by Gasteiger charge is 2.09. The lowest BCUT2D eigenvalue weighted by Crippen LogP contribution is -2.10. The highest BCUT2D eigenvalue weighted by molar-refractivity contribution is 5.84. The summed E-state index contributed by atoms with van der Waals surface area (Å²) in [5, 5.41) is 0. The van der Waals surface area contributed by atoms with Gasteiger partial charge in [-0.3, -0.25) is 0 Å². The Bertz CT molecular complexity index is 299. The minimum Gasteiger partial charge on any atom is -0.460 e. The standard InChI is InChI=1S/C9H12N2O2/c1-3-6-13-9(12)8-10-5-4-7(2)11-8/h4-5H,3,6H2,1-2H3. The largest absolute Gasteiger partial charge is 0.460 e. The molecule has 1 heterocycles. The lowest BCUT2D eigenvalue weighted by molar-refractivity contribution is 0.0490. The van der Waals surface area contributed by atoms with Crippen LogP contribution in [0.1, 0.15) is 29.7 Å². The van der Waals surface area contributed by atoms with Crippen molar-refractivity contribution in [2.24, 2.45) is 0 Å². The second kappa shape index (κ2) is 4.54. The SMILES string of the molecule is CCCOC(=O)c1nccc(C)n1. The maximum absolute atomic E-state index is 11.2. The van der Waals surface area contributed by atoms with E-state index in [-0.39, 0.29) is 5.82 Å². The predicted octanol–water partition coefficient (Wildman–Crippen LogP) is 1.35. The Morgan fingerprint density at radius 1 is 1.62 bits per heavy atom. The Balaban J connectivity index is 2.66. The molecule has 0 radical (unpaired) electrons. The van der Waals surface area contributed by atoms with Gasteiger partial charge in [0.15, 0.2) is 0 Å². The molecule has 0 atom stereocenters. The molecule has 0 saturated heterocycles. The maximum Gasteiger partial charge on any atom is 0.376 e. The van der Waals surface area contributed by atoms with Crippen LogP contribution < -0.4 is 0 Å². The van der Waals surface area contributed by atoms with E-state index in [9.17, 15) is 4.79 Å². The average molecular weight is 180 g/mol. The number of rotatable bonds is 3. The molecule has 4 nitrogen and oxygen atoms in total. The van der Waals surface area contributed by atoms with Gasteiger partial charge in [-0.2, -0.15) is 0 Å². The number of esters is 1. The van der Waals surface area contributed by atoms with Gasteiger partial charge in [0.2, 0.25) is 5.82 Å². The zero-order chi connectivity index (χ0) is 9.68. The summed E-state index contributed by atoms with van der Waals surface area (Å²) in [5.41, 5.74) is 0.762. The Morgan fingerprint density at radius 2 is 2.38 bits per heavy atom. The van der Waals surface area contributed by atoms with Crippen LogP contribution in [0.4, 0.5) is 0 Å². The van der Waals surface area contributed by atoms with Gasteiger partial charge in [-0.25, -0.2) is 14.8 Å². The van der Waals surface area contributed by atoms with Crippen LogP contribution in [0.2, 0.25) is 0 Å². The normalized spacial score (nSPS) is 9.69. The van der Waals surface area contributed by atoms with E-state index in [1.807, 2.05) is 6.92 Å². The lowest BCUT2D eigenvalue weighted by atomic mass is 10.4. The van der Waals surface area contributed by atoms with Crippen molar-refractivity contribution in [3.8, 4) is 0 Å². The van der Waals surface area contributed by atoms with Crippen molar-refractivity contribution in [3.05, 3.63) is 23.8 Å². The minimum atomic E-state index is -0.453. The van der Waals surface area contributed by atoms with Crippen LogP contribution >= 0.6 is 0 Å². The van der Waals surface area contributed by atoms with Gasteiger partial charge < -0.3 is 4.74 Å². The first-order chi connectivity index (χ1) is 6.24. The zero-order valence-corrected chi connectivity index (χ0v) is 7.78. The lowest BCUT2D eigenvalue weighted by Gasteiger charge is -2.01. The second-order valence-electron chi connectivity index (χ2n) is 2.66. The fourth-order valence-electron chi connectivity index (χ4n) is 0.807. The van der Waals surface area contributed by atoms with Crippen molar-refractivity contribution in [2.75, 3.05) is 6.61 Å². The first-order valence-corrected chi connectivity index (χ1v) is 4.21. The van der Waals surface area contributed by atoms with Crippen LogP contribution in [0.15, 0.2) is 12.3 Å². The molecule has 0 aliphatic rings. The summed E-state index contributed by atoms with van der Waals surface area (Å²) < 4.78 is 4.87. The van der Waals surface area contributed by atoms with Crippen molar-refractivity contribution < 1.29 is 9.53 Å². The number of nitrogens with zero attached hydrogens (tertiary/aromatic N) is 2. The van der Waals surface area contributed by atoms with Gasteiger partial charge in [0.25, 0.3) is 0 Å². The Kier molecular flexibility index (Phi) is 3.37. The zero-order valence-electron chi connectivity index (χ0n) is 7.78. The van der Waals surface area contributed by atoms with E-state index in [0.717, 1.165) is 12.1 Å². The molecular weight excluding hydrogens is 168 g/mol. The summed E-state index contributed by atoms with van der Waals surface area (Å²) in [4.78, 5) is 19.0. The molecule has 0 N–H and O–H groups in total. The molecule has 70 valence electrons. The highest BCUT2D eigenvalue weighted by Crippen LogP contribution is 1.96. The highest BCUT2D eigenvalue weighted by atomic mass is 16.5. The third-order valence-electron chi connectivity index (χ3n) is 1.41. The average Bonchev–Trinajstić information content (AvgIpc) is 2.14. The van der Waals surface area contributed by atoms with Crippen LogP contribution in [0, 0.1) is 6.92 Å². The number of aryl methyl sites for hydroxylation is 1. The van der Waals surface area contributed by atoms with Crippen molar-refractivity contribution in [3.63, 3.8) is 0 Å². The summed E-state index contributed by atoms with van der Waals surface area (Å²) in [6.45, 7) is 4.15. The Labute approximate surface area is 77.0 Å². The van der Waals surface area contributed by atoms with Gasteiger partial charge in [0.1, 0.15) is 0 Å². The van der Waals surface area contributed by atoms with Gasteiger partial charge in [-0.05, 0) is 19.4 Å². The van der Waals surface area contributed by atoms with Gasteiger partial charge >= 0.3 is 5.97 Å². The van der Waals surface area contributed by atoms with E-state index in [0.29, 0.717) is 6.61 Å². The molecule has 13 heavy (non-hydrogen) atoms. The molecule has 1 rings (SSSR count). The van der Waals surface area contributed by atoms with E-state index < -0.39 is 5.97 Å². The van der Waals surface area contributed by atoms with Gasteiger partial charge in [0.05, 0.1) is 6.61 Å². The third kappa shape index (κ3) is 2.82. The van der Waals surface area contributed by atoms with Crippen molar-refractivity contribution in [2.45, 2.75) is 20.3 Å². The summed E-state index contributed by atoms with van der Waals surface area (Å²) in [5.74, 6) is -0.320. The molecule has 0 aliphatic carbocycles. The maximum atomic E-state index is 11.2. The number of hydrogen-bond donors (Lipinski definition) is 0. The summed E-state index contributed by atoms with van der Waals surface area (Å²) in [6.07, 6.45) is 2.35. The first kappa shape index (κ1) is 9.64. The van der Waals surface area contributed by atoms with Crippen molar-refractivity contribution in [1.82, 2.24) is 9.97 Å². The van der Waals surface area contributed by atoms with Gasteiger partial charge in [-0.15, -0.1) is 0 Å². The van der Waals surface area contributed by atoms with E-state index >= 15 is 0 Å². The minimum absolute atomic E-state index is 0.133. The molecule has 0 amide bonds. The monoisotopic (exact) mass is 180 g/mol. The molecule has 0 saturated carbocycles. The first-order valence-electron chi connectivity index (χ1n) is 4.21. The second-order valence-corrected chi connectivity index (χ2v) is 2.66. The molecule has 1 aromatic rings. The molecule has 0 aliphatic heterocycles. The van der Waals surface area contributed by atoms with Crippen LogP contribution in [0.5, 0.6) is 0 Å². The van der Waals surface area contributed by atoms with Crippen molar-refractivity contribution in [1.29, 1.82) is 0 Å². The molecule has 0 fully saturated rings.